The van der Waals surface area contributed by atoms with Crippen molar-refractivity contribution < 1.29 is 4.74 Å². The number of nitrogens with zero attached hydrogens (tertiary/aromatic N) is 2. The Balaban J connectivity index is 1.53. The van der Waals surface area contributed by atoms with Crippen molar-refractivity contribution in [1.29, 1.82) is 0 Å². The lowest BCUT2D eigenvalue weighted by Gasteiger charge is -2.49. The molecule has 0 unspecified atom stereocenters. The van der Waals surface area contributed by atoms with E-state index in [1.54, 1.807) is 7.11 Å². The average molecular weight is 411 g/mol. The minimum absolute atomic E-state index is 0.306. The van der Waals surface area contributed by atoms with E-state index in [4.69, 9.17) is 9.73 Å². The van der Waals surface area contributed by atoms with E-state index in [0.29, 0.717) is 17.9 Å². The van der Waals surface area contributed by atoms with Crippen molar-refractivity contribution in [3.63, 3.8) is 0 Å². The molecule has 3 aliphatic rings. The number of aliphatic imine (C=N–C) groups is 1. The predicted octanol–water partition coefficient (Wildman–Crippen LogP) is 5.56. The molecule has 6 rings (SSSR count). The van der Waals surface area contributed by atoms with Crippen LogP contribution in [0.3, 0.4) is 0 Å². The van der Waals surface area contributed by atoms with Gasteiger partial charge in [-0.3, -0.25) is 9.89 Å². The highest BCUT2D eigenvalue weighted by atomic mass is 16.5. The first-order chi connectivity index (χ1) is 15.3. The van der Waals surface area contributed by atoms with Crippen LogP contribution in [0.15, 0.2) is 89.9 Å². The highest BCUT2D eigenvalue weighted by Gasteiger charge is 2.43. The van der Waals surface area contributed by atoms with E-state index in [2.05, 4.69) is 77.7 Å². The summed E-state index contributed by atoms with van der Waals surface area (Å²) in [6.45, 7) is 3.08. The van der Waals surface area contributed by atoms with Gasteiger partial charge in [-0.05, 0) is 54.8 Å². The molecule has 0 spiro atoms. The van der Waals surface area contributed by atoms with Crippen molar-refractivity contribution >= 4 is 5.71 Å². The fourth-order valence-electron chi connectivity index (χ4n) is 5.30. The normalized spacial score (nSPS) is 23.9. The second-order valence-corrected chi connectivity index (χ2v) is 8.64. The van der Waals surface area contributed by atoms with Gasteiger partial charge in [0.2, 0.25) is 0 Å². The Morgan fingerprint density at radius 2 is 1.42 bits per heavy atom. The molecule has 3 heteroatoms. The molecule has 3 fully saturated rings. The van der Waals surface area contributed by atoms with E-state index in [9.17, 15) is 0 Å². The molecule has 0 amide bonds. The standard InChI is InChI=1S/C28H30N2O/c1-31-25-14-12-21(13-15-25)20-29-27-24-16-18-30(19-17-24)28(27)26(22-8-4-2-5-9-22)23-10-6-3-7-11-23/h2-15,24,26,28H,16-20H2,1H3/t28-/m0/s1. The molecule has 31 heavy (non-hydrogen) atoms. The molecular weight excluding hydrogens is 380 g/mol. The zero-order valence-corrected chi connectivity index (χ0v) is 18.2. The summed E-state index contributed by atoms with van der Waals surface area (Å²) in [6, 6.07) is 30.6. The van der Waals surface area contributed by atoms with Crippen LogP contribution in [0.25, 0.3) is 0 Å². The van der Waals surface area contributed by atoms with Gasteiger partial charge in [-0.15, -0.1) is 0 Å². The van der Waals surface area contributed by atoms with Crippen LogP contribution >= 0.6 is 0 Å². The number of hydrogen-bond acceptors (Lipinski definition) is 3. The second kappa shape index (κ2) is 9.07. The number of ether oxygens (including phenoxy) is 1. The zero-order chi connectivity index (χ0) is 21.0. The molecule has 0 saturated carbocycles. The van der Waals surface area contributed by atoms with Crippen LogP contribution in [-0.4, -0.2) is 36.9 Å². The number of benzene rings is 3. The Labute approximate surface area is 185 Å². The Bertz CT molecular complexity index is 966. The molecule has 0 radical (unpaired) electrons. The smallest absolute Gasteiger partial charge is 0.118 e. The quantitative estimate of drug-likeness (QED) is 0.531. The van der Waals surface area contributed by atoms with Crippen LogP contribution in [0.2, 0.25) is 0 Å². The Morgan fingerprint density at radius 1 is 0.839 bits per heavy atom. The summed E-state index contributed by atoms with van der Waals surface area (Å²) in [4.78, 5) is 7.96. The van der Waals surface area contributed by atoms with Crippen molar-refractivity contribution in [3.8, 4) is 5.75 Å². The van der Waals surface area contributed by atoms with Gasteiger partial charge in [0.05, 0.1) is 19.7 Å². The van der Waals surface area contributed by atoms with E-state index in [-0.39, 0.29) is 0 Å². The lowest BCUT2D eigenvalue weighted by Crippen LogP contribution is -2.58. The number of fused-ring (bicyclic) bond motifs is 3. The predicted molar refractivity (Wildman–Crippen MR) is 127 cm³/mol. The SMILES string of the molecule is COc1ccc(CN=C2C3CCN(CC3)[C@H]2C(c2ccccc2)c2ccccc2)cc1. The third-order valence-electron chi connectivity index (χ3n) is 6.88. The first-order valence-electron chi connectivity index (χ1n) is 11.3. The lowest BCUT2D eigenvalue weighted by atomic mass is 9.72. The second-order valence-electron chi connectivity index (χ2n) is 8.64. The molecule has 3 aromatic rings. The maximum atomic E-state index is 5.31. The summed E-state index contributed by atoms with van der Waals surface area (Å²) in [5.41, 5.74) is 5.39. The van der Waals surface area contributed by atoms with Crippen molar-refractivity contribution in [3.05, 3.63) is 102 Å². The zero-order valence-electron chi connectivity index (χ0n) is 18.2. The summed E-state index contributed by atoms with van der Waals surface area (Å²) < 4.78 is 5.31. The van der Waals surface area contributed by atoms with Crippen LogP contribution < -0.4 is 4.74 Å². The minimum Gasteiger partial charge on any atom is -0.497 e. The van der Waals surface area contributed by atoms with E-state index >= 15 is 0 Å². The highest BCUT2D eigenvalue weighted by molar-refractivity contribution is 5.94. The molecule has 2 bridgehead atoms. The van der Waals surface area contributed by atoms with Gasteiger partial charge >= 0.3 is 0 Å². The minimum atomic E-state index is 0.306. The highest BCUT2D eigenvalue weighted by Crippen LogP contribution is 2.40. The van der Waals surface area contributed by atoms with Crippen LogP contribution in [0, 0.1) is 5.92 Å². The molecule has 0 aliphatic carbocycles. The molecule has 0 aromatic heterocycles. The Hall–Kier alpha value is -2.91. The monoisotopic (exact) mass is 410 g/mol. The summed E-state index contributed by atoms with van der Waals surface area (Å²) in [5, 5.41) is 0. The fourth-order valence-corrected chi connectivity index (χ4v) is 5.30. The van der Waals surface area contributed by atoms with Crippen LogP contribution in [0.5, 0.6) is 5.75 Å². The van der Waals surface area contributed by atoms with Crippen molar-refractivity contribution in [2.45, 2.75) is 31.3 Å². The largest absolute Gasteiger partial charge is 0.497 e. The molecule has 1 atom stereocenters. The van der Waals surface area contributed by atoms with Crippen LogP contribution in [0.4, 0.5) is 0 Å². The molecule has 0 N–H and O–H groups in total. The van der Waals surface area contributed by atoms with E-state index < -0.39 is 0 Å². The van der Waals surface area contributed by atoms with Gasteiger partial charge in [-0.25, -0.2) is 0 Å². The fraction of sp³-hybridized carbons (Fsp3) is 0.321. The topological polar surface area (TPSA) is 24.8 Å². The van der Waals surface area contributed by atoms with Crippen molar-refractivity contribution in [2.75, 3.05) is 20.2 Å². The third kappa shape index (κ3) is 4.15. The molecule has 158 valence electrons. The van der Waals surface area contributed by atoms with Gasteiger partial charge in [0, 0.05) is 17.5 Å². The number of rotatable bonds is 6. The summed E-state index contributed by atoms with van der Waals surface area (Å²) in [7, 11) is 1.71. The molecule has 3 aliphatic heterocycles. The molecule has 3 heterocycles. The molecule has 3 aromatic carbocycles. The van der Waals surface area contributed by atoms with Gasteiger partial charge in [0.25, 0.3) is 0 Å². The summed E-state index contributed by atoms with van der Waals surface area (Å²) >= 11 is 0. The van der Waals surface area contributed by atoms with Gasteiger partial charge < -0.3 is 4.74 Å². The Kier molecular flexibility index (Phi) is 5.86. The van der Waals surface area contributed by atoms with Crippen molar-refractivity contribution in [1.82, 2.24) is 4.90 Å². The number of piperidine rings is 3. The van der Waals surface area contributed by atoms with E-state index in [1.165, 1.54) is 48.3 Å². The van der Waals surface area contributed by atoms with Crippen LogP contribution in [0.1, 0.15) is 35.4 Å². The van der Waals surface area contributed by atoms with Gasteiger partial charge in [0.15, 0.2) is 0 Å². The molecular formula is C28H30N2O. The number of hydrogen-bond donors (Lipinski definition) is 0. The van der Waals surface area contributed by atoms with Gasteiger partial charge in [0.1, 0.15) is 5.75 Å². The lowest BCUT2D eigenvalue weighted by molar-refractivity contribution is 0.135. The molecule has 3 nitrogen and oxygen atoms in total. The van der Waals surface area contributed by atoms with E-state index in [1.807, 2.05) is 12.1 Å². The summed E-state index contributed by atoms with van der Waals surface area (Å²) in [6.07, 6.45) is 2.46. The first kappa shape index (κ1) is 20.0. The maximum absolute atomic E-state index is 5.31. The van der Waals surface area contributed by atoms with E-state index in [0.717, 1.165) is 12.3 Å². The first-order valence-corrected chi connectivity index (χ1v) is 11.3. The average Bonchev–Trinajstić information content (AvgIpc) is 2.86. The van der Waals surface area contributed by atoms with Gasteiger partial charge in [-0.2, -0.15) is 0 Å². The summed E-state index contributed by atoms with van der Waals surface area (Å²) in [5.74, 6) is 1.80. The Morgan fingerprint density at radius 3 is 1.97 bits per heavy atom. The third-order valence-corrected chi connectivity index (χ3v) is 6.88. The number of methoxy groups -OCH3 is 1. The van der Waals surface area contributed by atoms with Crippen LogP contribution in [-0.2, 0) is 6.54 Å². The van der Waals surface area contributed by atoms with Gasteiger partial charge in [-0.1, -0.05) is 72.8 Å². The molecule has 3 saturated heterocycles. The maximum Gasteiger partial charge on any atom is 0.118 e. The van der Waals surface area contributed by atoms with Crippen molar-refractivity contribution in [2.24, 2.45) is 10.9 Å².